The smallest absolute Gasteiger partial charge is 0.235 e. The molecule has 0 spiro atoms. The predicted octanol–water partition coefficient (Wildman–Crippen LogP) is 3.36. The molecule has 1 aliphatic heterocycles. The molecule has 3 aromatic rings. The zero-order valence-electron chi connectivity index (χ0n) is 15.6. The number of likely N-dealkylation sites (tertiary alicyclic amines) is 1. The van der Waals surface area contributed by atoms with Crippen LogP contribution in [0.5, 0.6) is 11.5 Å². The minimum atomic E-state index is 0.710. The molecular weight excluding hydrogens is 362 g/mol. The highest BCUT2D eigenvalue weighted by atomic mass is 32.1. The van der Waals surface area contributed by atoms with Crippen molar-refractivity contribution in [2.75, 3.05) is 27.3 Å². The van der Waals surface area contributed by atoms with Gasteiger partial charge in [0.1, 0.15) is 5.01 Å². The van der Waals surface area contributed by atoms with E-state index < -0.39 is 0 Å². The van der Waals surface area contributed by atoms with E-state index in [1.54, 1.807) is 14.2 Å². The van der Waals surface area contributed by atoms with Crippen LogP contribution in [-0.2, 0) is 6.54 Å². The summed E-state index contributed by atoms with van der Waals surface area (Å²) in [5.74, 6) is 2.34. The lowest BCUT2D eigenvalue weighted by Gasteiger charge is -2.25. The number of hydrogen-bond donors (Lipinski definition) is 0. The maximum absolute atomic E-state index is 5.35. The zero-order chi connectivity index (χ0) is 18.6. The van der Waals surface area contributed by atoms with Crippen LogP contribution in [0.2, 0.25) is 0 Å². The van der Waals surface area contributed by atoms with Gasteiger partial charge in [-0.2, -0.15) is 9.61 Å². The fraction of sp³-hybridized carbons (Fsp3) is 0.421. The number of benzene rings is 1. The van der Waals surface area contributed by atoms with Gasteiger partial charge in [0.2, 0.25) is 4.96 Å². The molecular formula is C19H23N5O2S. The van der Waals surface area contributed by atoms with E-state index in [9.17, 15) is 0 Å². The van der Waals surface area contributed by atoms with E-state index in [-0.39, 0.29) is 0 Å². The molecule has 0 saturated carbocycles. The van der Waals surface area contributed by atoms with Crippen molar-refractivity contribution in [3.05, 3.63) is 34.6 Å². The third-order valence-corrected chi connectivity index (χ3v) is 5.57. The van der Waals surface area contributed by atoms with Gasteiger partial charge < -0.3 is 9.47 Å². The SMILES string of the molecule is COc1ccc(C=Cc2nn3c(CN4CCCCC4)nnc3s2)cc1OC. The summed E-state index contributed by atoms with van der Waals surface area (Å²) < 4.78 is 12.5. The number of fused-ring (bicyclic) bond motifs is 1. The number of aromatic nitrogens is 4. The molecule has 1 fully saturated rings. The topological polar surface area (TPSA) is 64.8 Å². The molecule has 2 aromatic heterocycles. The lowest BCUT2D eigenvalue weighted by molar-refractivity contribution is 0.214. The van der Waals surface area contributed by atoms with Crippen molar-refractivity contribution in [2.45, 2.75) is 25.8 Å². The molecule has 0 unspecified atom stereocenters. The summed E-state index contributed by atoms with van der Waals surface area (Å²) in [6, 6.07) is 5.82. The number of hydrogen-bond acceptors (Lipinski definition) is 7. The van der Waals surface area contributed by atoms with Crippen molar-refractivity contribution < 1.29 is 9.47 Å². The molecule has 8 heteroatoms. The Kier molecular flexibility index (Phi) is 5.35. The quantitative estimate of drug-likeness (QED) is 0.648. The first kappa shape index (κ1) is 17.9. The minimum Gasteiger partial charge on any atom is -0.493 e. The Labute approximate surface area is 162 Å². The second kappa shape index (κ2) is 8.06. The van der Waals surface area contributed by atoms with Crippen LogP contribution in [0.1, 0.15) is 35.7 Å². The molecule has 27 heavy (non-hydrogen) atoms. The molecule has 0 aliphatic carbocycles. The van der Waals surface area contributed by atoms with Crippen LogP contribution in [0, 0.1) is 0 Å². The number of nitrogens with zero attached hydrogens (tertiary/aromatic N) is 5. The van der Waals surface area contributed by atoms with Gasteiger partial charge in [0.25, 0.3) is 0 Å². The Hall–Kier alpha value is -2.45. The van der Waals surface area contributed by atoms with E-state index in [4.69, 9.17) is 9.47 Å². The monoisotopic (exact) mass is 385 g/mol. The Morgan fingerprint density at radius 1 is 1.04 bits per heavy atom. The Balaban J connectivity index is 1.51. The number of piperidine rings is 1. The highest BCUT2D eigenvalue weighted by Gasteiger charge is 2.16. The van der Waals surface area contributed by atoms with Crippen molar-refractivity contribution in [2.24, 2.45) is 0 Å². The first-order chi connectivity index (χ1) is 13.3. The van der Waals surface area contributed by atoms with Crippen LogP contribution in [0.3, 0.4) is 0 Å². The molecule has 1 aromatic carbocycles. The molecule has 4 rings (SSSR count). The van der Waals surface area contributed by atoms with Gasteiger partial charge in [-0.05, 0) is 49.7 Å². The van der Waals surface area contributed by atoms with Gasteiger partial charge >= 0.3 is 0 Å². The third kappa shape index (κ3) is 3.96. The summed E-state index contributed by atoms with van der Waals surface area (Å²) in [6.07, 6.45) is 7.85. The van der Waals surface area contributed by atoms with Crippen molar-refractivity contribution >= 4 is 28.4 Å². The highest BCUT2D eigenvalue weighted by Crippen LogP contribution is 2.28. The first-order valence-electron chi connectivity index (χ1n) is 9.10. The van der Waals surface area contributed by atoms with Gasteiger partial charge in [0.15, 0.2) is 17.3 Å². The van der Waals surface area contributed by atoms with Gasteiger partial charge in [-0.25, -0.2) is 0 Å². The molecule has 1 saturated heterocycles. The Morgan fingerprint density at radius 2 is 1.85 bits per heavy atom. The Morgan fingerprint density at radius 3 is 2.63 bits per heavy atom. The second-order valence-corrected chi connectivity index (χ2v) is 7.52. The number of methoxy groups -OCH3 is 2. The maximum atomic E-state index is 5.35. The van der Waals surface area contributed by atoms with Gasteiger partial charge in [0.05, 0.1) is 20.8 Å². The first-order valence-corrected chi connectivity index (χ1v) is 9.92. The molecule has 1 aliphatic rings. The number of ether oxygens (including phenoxy) is 2. The summed E-state index contributed by atoms with van der Waals surface area (Å²) in [5, 5.41) is 14.2. The standard InChI is InChI=1S/C19H23N5O2S/c1-25-15-8-6-14(12-16(15)26-2)7-9-18-22-24-17(20-21-19(24)27-18)13-23-10-4-3-5-11-23/h6-9,12H,3-5,10-11,13H2,1-2H3. The molecule has 0 N–H and O–H groups in total. The lowest BCUT2D eigenvalue weighted by Crippen LogP contribution is -2.30. The summed E-state index contributed by atoms with van der Waals surface area (Å²) >= 11 is 1.53. The van der Waals surface area contributed by atoms with Gasteiger partial charge in [-0.15, -0.1) is 10.2 Å². The van der Waals surface area contributed by atoms with E-state index in [1.807, 2.05) is 34.9 Å². The Bertz CT molecular complexity index is 943. The van der Waals surface area contributed by atoms with Crippen molar-refractivity contribution in [1.29, 1.82) is 0 Å². The summed E-state index contributed by atoms with van der Waals surface area (Å²) in [4.78, 5) is 3.26. The van der Waals surface area contributed by atoms with Crippen LogP contribution in [0.25, 0.3) is 17.1 Å². The largest absolute Gasteiger partial charge is 0.493 e. The summed E-state index contributed by atoms with van der Waals surface area (Å²) in [5.41, 5.74) is 1.02. The van der Waals surface area contributed by atoms with E-state index >= 15 is 0 Å². The highest BCUT2D eigenvalue weighted by molar-refractivity contribution is 7.17. The van der Waals surface area contributed by atoms with Crippen LogP contribution >= 0.6 is 11.3 Å². The molecule has 3 heterocycles. The van der Waals surface area contributed by atoms with E-state index in [0.29, 0.717) is 5.75 Å². The fourth-order valence-corrected chi connectivity index (χ4v) is 4.04. The fourth-order valence-electron chi connectivity index (χ4n) is 3.28. The van der Waals surface area contributed by atoms with Gasteiger partial charge in [-0.3, -0.25) is 4.90 Å². The maximum Gasteiger partial charge on any atom is 0.235 e. The molecule has 0 bridgehead atoms. The van der Waals surface area contributed by atoms with E-state index in [0.717, 1.165) is 46.7 Å². The van der Waals surface area contributed by atoms with Crippen LogP contribution in [-0.4, -0.2) is 52.0 Å². The van der Waals surface area contributed by atoms with Crippen molar-refractivity contribution in [1.82, 2.24) is 24.7 Å². The summed E-state index contributed by atoms with van der Waals surface area (Å²) in [7, 11) is 3.27. The number of rotatable bonds is 6. The van der Waals surface area contributed by atoms with Gasteiger partial charge in [-0.1, -0.05) is 29.9 Å². The summed E-state index contributed by atoms with van der Waals surface area (Å²) in [6.45, 7) is 3.07. The van der Waals surface area contributed by atoms with E-state index in [1.165, 1.54) is 30.6 Å². The third-order valence-electron chi connectivity index (χ3n) is 4.71. The van der Waals surface area contributed by atoms with Crippen LogP contribution in [0.15, 0.2) is 18.2 Å². The van der Waals surface area contributed by atoms with E-state index in [2.05, 4.69) is 20.2 Å². The molecule has 0 atom stereocenters. The van der Waals surface area contributed by atoms with Crippen molar-refractivity contribution in [3.63, 3.8) is 0 Å². The average Bonchev–Trinajstić information content (AvgIpc) is 3.28. The minimum absolute atomic E-state index is 0.710. The lowest BCUT2D eigenvalue weighted by atomic mass is 10.1. The van der Waals surface area contributed by atoms with Crippen LogP contribution in [0.4, 0.5) is 0 Å². The van der Waals surface area contributed by atoms with Crippen molar-refractivity contribution in [3.8, 4) is 11.5 Å². The average molecular weight is 385 g/mol. The van der Waals surface area contributed by atoms with Crippen LogP contribution < -0.4 is 9.47 Å². The second-order valence-electron chi connectivity index (χ2n) is 6.54. The zero-order valence-corrected chi connectivity index (χ0v) is 16.4. The molecule has 7 nitrogen and oxygen atoms in total. The molecule has 0 radical (unpaired) electrons. The normalized spacial score (nSPS) is 15.6. The predicted molar refractivity (Wildman–Crippen MR) is 106 cm³/mol. The molecule has 0 amide bonds. The molecule has 142 valence electrons. The van der Waals surface area contributed by atoms with Gasteiger partial charge in [0, 0.05) is 0 Å².